The highest BCUT2D eigenvalue weighted by Crippen LogP contribution is 2.18. The summed E-state index contributed by atoms with van der Waals surface area (Å²) in [5.41, 5.74) is 0.785. The number of nitrogens with zero attached hydrogens (tertiary/aromatic N) is 4. The summed E-state index contributed by atoms with van der Waals surface area (Å²) in [6.07, 6.45) is 4.92. The third kappa shape index (κ3) is 2.60. The van der Waals surface area contributed by atoms with Crippen LogP contribution >= 0.6 is 0 Å². The van der Waals surface area contributed by atoms with Crippen molar-refractivity contribution >= 4 is 27.7 Å². The first-order valence-corrected chi connectivity index (χ1v) is 7.00. The van der Waals surface area contributed by atoms with E-state index in [2.05, 4.69) is 20.4 Å². The zero-order chi connectivity index (χ0) is 12.4. The van der Waals surface area contributed by atoms with Gasteiger partial charge in [0.05, 0.1) is 11.6 Å². The molecule has 0 aliphatic rings. The van der Waals surface area contributed by atoms with Gasteiger partial charge in [0.1, 0.15) is 12.1 Å². The first-order valence-electron chi connectivity index (χ1n) is 5.27. The molecule has 0 bridgehead atoms. The maximum absolute atomic E-state index is 11.1. The predicted molar refractivity (Wildman–Crippen MR) is 68.3 cm³/mol. The van der Waals surface area contributed by atoms with Crippen LogP contribution < -0.4 is 5.32 Å². The van der Waals surface area contributed by atoms with Crippen molar-refractivity contribution in [2.75, 3.05) is 17.3 Å². The maximum Gasteiger partial charge on any atom is 0.163 e. The van der Waals surface area contributed by atoms with E-state index in [0.29, 0.717) is 5.75 Å². The lowest BCUT2D eigenvalue weighted by Crippen LogP contribution is -2.23. The van der Waals surface area contributed by atoms with Gasteiger partial charge in [-0.15, -0.1) is 0 Å². The van der Waals surface area contributed by atoms with E-state index in [0.717, 1.165) is 16.9 Å². The van der Waals surface area contributed by atoms with Gasteiger partial charge in [-0.25, -0.2) is 9.97 Å². The molecule has 7 heteroatoms. The summed E-state index contributed by atoms with van der Waals surface area (Å²) in [5.74, 6) is 1.33. The van der Waals surface area contributed by atoms with Crippen molar-refractivity contribution in [3.8, 4) is 0 Å². The van der Waals surface area contributed by atoms with Gasteiger partial charge in [-0.3, -0.25) is 8.89 Å². The summed E-state index contributed by atoms with van der Waals surface area (Å²) < 4.78 is 12.8. The van der Waals surface area contributed by atoms with Crippen LogP contribution in [0.1, 0.15) is 6.92 Å². The zero-order valence-corrected chi connectivity index (χ0v) is 10.9. The summed E-state index contributed by atoms with van der Waals surface area (Å²) in [6.45, 7) is 1.98. The first kappa shape index (κ1) is 12.0. The molecule has 2 aromatic heterocycles. The van der Waals surface area contributed by atoms with Gasteiger partial charge in [0, 0.05) is 35.9 Å². The summed E-state index contributed by atoms with van der Waals surface area (Å²) in [6, 6.07) is 0.0964. The Labute approximate surface area is 102 Å². The van der Waals surface area contributed by atoms with Gasteiger partial charge in [0.15, 0.2) is 5.65 Å². The molecule has 0 saturated carbocycles. The van der Waals surface area contributed by atoms with E-state index in [-0.39, 0.29) is 6.04 Å². The molecule has 2 atom stereocenters. The van der Waals surface area contributed by atoms with E-state index >= 15 is 0 Å². The number of nitrogens with one attached hydrogen (secondary N) is 1. The van der Waals surface area contributed by atoms with E-state index in [1.807, 2.05) is 14.0 Å². The largest absolute Gasteiger partial charge is 0.366 e. The molecule has 1 N–H and O–H groups in total. The minimum atomic E-state index is -0.825. The molecular formula is C10H15N5OS. The van der Waals surface area contributed by atoms with Crippen LogP contribution in [-0.2, 0) is 17.8 Å². The second-order valence-corrected chi connectivity index (χ2v) is 5.49. The molecule has 0 aromatic carbocycles. The van der Waals surface area contributed by atoms with Crippen molar-refractivity contribution in [1.29, 1.82) is 0 Å². The van der Waals surface area contributed by atoms with Crippen LogP contribution in [0.5, 0.6) is 0 Å². The molecule has 2 heterocycles. The van der Waals surface area contributed by atoms with Gasteiger partial charge in [0.25, 0.3) is 0 Å². The van der Waals surface area contributed by atoms with Crippen LogP contribution in [0.15, 0.2) is 12.5 Å². The summed E-state index contributed by atoms with van der Waals surface area (Å²) in [7, 11) is 1.01. The summed E-state index contributed by atoms with van der Waals surface area (Å²) >= 11 is 0. The fraction of sp³-hybridized carbons (Fsp3) is 0.500. The first-order chi connectivity index (χ1) is 8.08. The quantitative estimate of drug-likeness (QED) is 0.861. The van der Waals surface area contributed by atoms with Crippen LogP contribution in [-0.4, -0.2) is 42.0 Å². The molecule has 92 valence electrons. The third-order valence-corrected chi connectivity index (χ3v) is 3.37. The summed E-state index contributed by atoms with van der Waals surface area (Å²) in [4.78, 5) is 8.35. The number of hydrogen-bond donors (Lipinski definition) is 1. The zero-order valence-electron chi connectivity index (χ0n) is 10.0. The highest BCUT2D eigenvalue weighted by atomic mass is 32.2. The molecule has 0 spiro atoms. The fourth-order valence-corrected chi connectivity index (χ4v) is 2.49. The molecule has 2 unspecified atom stereocenters. The minimum absolute atomic E-state index is 0.0964. The number of aryl methyl sites for hydroxylation is 1. The van der Waals surface area contributed by atoms with Crippen molar-refractivity contribution in [2.24, 2.45) is 7.05 Å². The molecule has 0 aliphatic heterocycles. The molecule has 2 rings (SSSR count). The van der Waals surface area contributed by atoms with Crippen molar-refractivity contribution in [3.63, 3.8) is 0 Å². The standard InChI is InChI=1S/C10H15N5OS/c1-7(5-17(3)16)14-9-8-4-13-15(2)10(8)12-6-11-9/h4,6-7H,5H2,1-3H3,(H,11,12,14). The molecule has 2 aromatic rings. The van der Waals surface area contributed by atoms with Gasteiger partial charge in [-0.2, -0.15) is 5.10 Å². The highest BCUT2D eigenvalue weighted by molar-refractivity contribution is 7.84. The van der Waals surface area contributed by atoms with Crippen molar-refractivity contribution < 1.29 is 4.21 Å². The van der Waals surface area contributed by atoms with Crippen molar-refractivity contribution in [2.45, 2.75) is 13.0 Å². The number of anilines is 1. The molecule has 0 saturated heterocycles. The third-order valence-electron chi connectivity index (χ3n) is 2.40. The number of rotatable bonds is 4. The van der Waals surface area contributed by atoms with Crippen molar-refractivity contribution in [1.82, 2.24) is 19.7 Å². The Balaban J connectivity index is 2.27. The Kier molecular flexibility index (Phi) is 3.37. The Hall–Kier alpha value is -1.50. The van der Waals surface area contributed by atoms with E-state index in [9.17, 15) is 4.21 Å². The van der Waals surface area contributed by atoms with Crippen LogP contribution in [0.25, 0.3) is 11.0 Å². The Morgan fingerprint density at radius 2 is 2.29 bits per heavy atom. The summed E-state index contributed by atoms with van der Waals surface area (Å²) in [5, 5.41) is 8.25. The molecule has 0 fully saturated rings. The molecule has 0 radical (unpaired) electrons. The monoisotopic (exact) mass is 253 g/mol. The molecule has 6 nitrogen and oxygen atoms in total. The van der Waals surface area contributed by atoms with Crippen LogP contribution in [0.2, 0.25) is 0 Å². The smallest absolute Gasteiger partial charge is 0.163 e. The number of aromatic nitrogens is 4. The second-order valence-electron chi connectivity index (χ2n) is 4.01. The van der Waals surface area contributed by atoms with Crippen molar-refractivity contribution in [3.05, 3.63) is 12.5 Å². The van der Waals surface area contributed by atoms with Gasteiger partial charge < -0.3 is 5.32 Å². The normalized spacial score (nSPS) is 14.8. The van der Waals surface area contributed by atoms with E-state index in [1.54, 1.807) is 17.1 Å². The van der Waals surface area contributed by atoms with E-state index < -0.39 is 10.8 Å². The van der Waals surface area contributed by atoms with Crippen LogP contribution in [0.4, 0.5) is 5.82 Å². The Bertz CT molecular complexity index is 553. The average Bonchev–Trinajstić information content (AvgIpc) is 2.61. The molecule has 17 heavy (non-hydrogen) atoms. The van der Waals surface area contributed by atoms with Gasteiger partial charge in [-0.1, -0.05) is 0 Å². The lowest BCUT2D eigenvalue weighted by atomic mass is 10.3. The fourth-order valence-electron chi connectivity index (χ4n) is 1.70. The number of hydrogen-bond acceptors (Lipinski definition) is 5. The van der Waals surface area contributed by atoms with E-state index in [1.165, 1.54) is 6.33 Å². The molecule has 0 amide bonds. The molecule has 0 aliphatic carbocycles. The second kappa shape index (κ2) is 4.79. The lowest BCUT2D eigenvalue weighted by Gasteiger charge is -2.13. The Morgan fingerprint density at radius 3 is 3.00 bits per heavy atom. The van der Waals surface area contributed by atoms with Gasteiger partial charge in [0.2, 0.25) is 0 Å². The topological polar surface area (TPSA) is 72.7 Å². The molecular weight excluding hydrogens is 238 g/mol. The van der Waals surface area contributed by atoms with E-state index in [4.69, 9.17) is 0 Å². The Morgan fingerprint density at radius 1 is 1.53 bits per heavy atom. The minimum Gasteiger partial charge on any atom is -0.366 e. The van der Waals surface area contributed by atoms with Gasteiger partial charge in [-0.05, 0) is 6.92 Å². The SMILES string of the molecule is CC(CS(C)=O)Nc1ncnc2c1cnn2C. The predicted octanol–water partition coefficient (Wildman–Crippen LogP) is 0.542. The average molecular weight is 253 g/mol. The van der Waals surface area contributed by atoms with Gasteiger partial charge >= 0.3 is 0 Å². The number of fused-ring (bicyclic) bond motifs is 1. The van der Waals surface area contributed by atoms with Crippen LogP contribution in [0.3, 0.4) is 0 Å². The maximum atomic E-state index is 11.1. The lowest BCUT2D eigenvalue weighted by molar-refractivity contribution is 0.683. The van der Waals surface area contributed by atoms with Crippen LogP contribution in [0, 0.1) is 0 Å². The highest BCUT2D eigenvalue weighted by Gasteiger charge is 2.10.